The van der Waals surface area contributed by atoms with E-state index in [2.05, 4.69) is 29.9 Å². The first-order valence-electron chi connectivity index (χ1n) is 13.4. The van der Waals surface area contributed by atoms with Gasteiger partial charge in [-0.25, -0.2) is 28.3 Å². The summed E-state index contributed by atoms with van der Waals surface area (Å²) in [4.78, 5) is 28.6. The molecule has 43 heavy (non-hydrogen) atoms. The van der Waals surface area contributed by atoms with E-state index in [-0.39, 0.29) is 42.2 Å². The van der Waals surface area contributed by atoms with Gasteiger partial charge in [0.2, 0.25) is 0 Å². The van der Waals surface area contributed by atoms with E-state index in [9.17, 15) is 27.3 Å². The average molecular weight is 610 g/mol. The maximum absolute atomic E-state index is 14.9. The molecule has 222 valence electrons. The minimum absolute atomic E-state index is 0.000453. The lowest BCUT2D eigenvalue weighted by Gasteiger charge is -2.28. The lowest BCUT2D eigenvalue weighted by Crippen LogP contribution is -2.43. The van der Waals surface area contributed by atoms with Crippen molar-refractivity contribution in [1.29, 1.82) is 5.26 Å². The van der Waals surface area contributed by atoms with Crippen molar-refractivity contribution >= 4 is 32.6 Å². The number of alkyl halides is 1. The number of benzene rings is 2. The molecular formula is C27H25F2N9O4S. The van der Waals surface area contributed by atoms with Crippen molar-refractivity contribution < 1.29 is 21.9 Å². The summed E-state index contributed by atoms with van der Waals surface area (Å²) in [5.74, 6) is -0.549. The van der Waals surface area contributed by atoms with Crippen molar-refractivity contribution in [2.24, 2.45) is 0 Å². The molecule has 0 radical (unpaired) electrons. The lowest BCUT2D eigenvalue weighted by molar-refractivity contribution is 0.343. The Kier molecular flexibility index (Phi) is 7.61. The van der Waals surface area contributed by atoms with Gasteiger partial charge in [0.15, 0.2) is 17.4 Å². The summed E-state index contributed by atoms with van der Waals surface area (Å²) in [5.41, 5.74) is -0.825. The Balaban J connectivity index is 1.30. The minimum Gasteiger partial charge on any atom is -0.453 e. The first kappa shape index (κ1) is 28.4. The van der Waals surface area contributed by atoms with E-state index >= 15 is 0 Å². The van der Waals surface area contributed by atoms with Gasteiger partial charge in [0.1, 0.15) is 35.7 Å². The SMILES string of the molecule is N#Cc1c(NS(=O)(=O)N2CC[C@@H](F)C2)ccc(F)c1Oc1ccc2ncn(-c3cnc(N4CCNCC4)cn3)c(=O)c2c1. The Morgan fingerprint density at radius 1 is 1.07 bits per heavy atom. The highest BCUT2D eigenvalue weighted by Crippen LogP contribution is 2.34. The fraction of sp³-hybridized carbons (Fsp3) is 0.296. The van der Waals surface area contributed by atoms with Crippen LogP contribution >= 0.6 is 0 Å². The van der Waals surface area contributed by atoms with Crippen LogP contribution in [0.3, 0.4) is 0 Å². The van der Waals surface area contributed by atoms with Crippen LogP contribution in [-0.2, 0) is 10.2 Å². The van der Waals surface area contributed by atoms with Gasteiger partial charge in [-0.2, -0.15) is 18.0 Å². The molecular weight excluding hydrogens is 584 g/mol. The van der Waals surface area contributed by atoms with Gasteiger partial charge < -0.3 is 15.0 Å². The fourth-order valence-electron chi connectivity index (χ4n) is 4.90. The number of hydrogen-bond donors (Lipinski definition) is 2. The number of nitrogens with zero attached hydrogens (tertiary/aromatic N) is 7. The number of hydrogen-bond acceptors (Lipinski definition) is 10. The molecule has 6 rings (SSSR count). The number of rotatable bonds is 7. The second-order valence-electron chi connectivity index (χ2n) is 9.93. The summed E-state index contributed by atoms with van der Waals surface area (Å²) in [6.07, 6.45) is 3.15. The van der Waals surface area contributed by atoms with Crippen molar-refractivity contribution in [3.8, 4) is 23.4 Å². The smallest absolute Gasteiger partial charge is 0.301 e. The molecule has 2 aromatic carbocycles. The number of ether oxygens (including phenoxy) is 1. The highest BCUT2D eigenvalue weighted by atomic mass is 32.2. The van der Waals surface area contributed by atoms with E-state index in [1.165, 1.54) is 35.3 Å². The third-order valence-corrected chi connectivity index (χ3v) is 8.64. The van der Waals surface area contributed by atoms with Crippen LogP contribution in [0.25, 0.3) is 16.7 Å². The largest absolute Gasteiger partial charge is 0.453 e. The van der Waals surface area contributed by atoms with Crippen LogP contribution in [-0.4, -0.2) is 77.7 Å². The topological polar surface area (TPSA) is 158 Å². The lowest BCUT2D eigenvalue weighted by atomic mass is 10.1. The second kappa shape index (κ2) is 11.5. The molecule has 2 aliphatic rings. The third-order valence-electron chi connectivity index (χ3n) is 7.16. The van der Waals surface area contributed by atoms with Crippen LogP contribution < -0.4 is 25.2 Å². The molecule has 2 aliphatic heterocycles. The Morgan fingerprint density at radius 2 is 1.84 bits per heavy atom. The Hall–Kier alpha value is -4.72. The molecule has 0 amide bonds. The first-order chi connectivity index (χ1) is 20.7. The first-order valence-corrected chi connectivity index (χ1v) is 14.8. The summed E-state index contributed by atoms with van der Waals surface area (Å²) in [7, 11) is -4.21. The molecule has 2 N–H and O–H groups in total. The monoisotopic (exact) mass is 609 g/mol. The summed E-state index contributed by atoms with van der Waals surface area (Å²) in [6.45, 7) is 2.89. The van der Waals surface area contributed by atoms with Gasteiger partial charge in [-0.15, -0.1) is 0 Å². The zero-order valence-electron chi connectivity index (χ0n) is 22.6. The van der Waals surface area contributed by atoms with Crippen LogP contribution in [0.2, 0.25) is 0 Å². The van der Waals surface area contributed by atoms with Gasteiger partial charge in [0.05, 0.1) is 29.0 Å². The van der Waals surface area contributed by atoms with Gasteiger partial charge in [-0.05, 0) is 36.8 Å². The molecule has 2 aromatic heterocycles. The van der Waals surface area contributed by atoms with Crippen LogP contribution in [0.4, 0.5) is 20.3 Å². The zero-order chi connectivity index (χ0) is 30.1. The van der Waals surface area contributed by atoms with Gasteiger partial charge in [0, 0.05) is 39.3 Å². The highest BCUT2D eigenvalue weighted by molar-refractivity contribution is 7.90. The van der Waals surface area contributed by atoms with Gasteiger partial charge in [-0.1, -0.05) is 0 Å². The predicted octanol–water partition coefficient (Wildman–Crippen LogP) is 2.09. The number of aromatic nitrogens is 4. The number of nitriles is 1. The van der Waals surface area contributed by atoms with Crippen molar-refractivity contribution in [1.82, 2.24) is 29.1 Å². The van der Waals surface area contributed by atoms with Crippen molar-refractivity contribution in [2.45, 2.75) is 12.6 Å². The van der Waals surface area contributed by atoms with Crippen LogP contribution in [0, 0.1) is 17.1 Å². The standard InChI is InChI=1S/C27H25F2N9O4S/c28-17-5-8-37(15-17)43(40,41)35-23-4-2-21(29)26(20(23)12-30)42-18-1-3-22-19(11-18)27(39)38(16-34-22)25-14-32-24(13-33-25)36-9-6-31-7-10-36/h1-4,11,13-14,16-17,31,35H,5-10,15H2/t17-/m1/s1. The van der Waals surface area contributed by atoms with Crippen LogP contribution in [0.15, 0.2) is 53.8 Å². The molecule has 0 bridgehead atoms. The third kappa shape index (κ3) is 5.69. The summed E-state index contributed by atoms with van der Waals surface area (Å²) >= 11 is 0. The highest BCUT2D eigenvalue weighted by Gasteiger charge is 2.32. The number of piperazine rings is 1. The summed E-state index contributed by atoms with van der Waals surface area (Å²) < 4.78 is 64.1. The summed E-state index contributed by atoms with van der Waals surface area (Å²) in [5, 5.41) is 13.2. The minimum atomic E-state index is -4.21. The predicted molar refractivity (Wildman–Crippen MR) is 153 cm³/mol. The summed E-state index contributed by atoms with van der Waals surface area (Å²) in [6, 6.07) is 8.06. The molecule has 2 saturated heterocycles. The van der Waals surface area contributed by atoms with Gasteiger partial charge >= 0.3 is 10.2 Å². The van der Waals surface area contributed by atoms with E-state index < -0.39 is 39.1 Å². The molecule has 4 heterocycles. The fourth-order valence-corrected chi connectivity index (χ4v) is 6.19. The van der Waals surface area contributed by atoms with Crippen LogP contribution in [0.1, 0.15) is 12.0 Å². The Labute approximate surface area is 244 Å². The number of nitrogens with one attached hydrogen (secondary N) is 2. The molecule has 4 aromatic rings. The number of halogens is 2. The maximum Gasteiger partial charge on any atom is 0.301 e. The molecule has 16 heteroatoms. The quantitative estimate of drug-likeness (QED) is 0.318. The van der Waals surface area contributed by atoms with Crippen LogP contribution in [0.5, 0.6) is 11.5 Å². The Morgan fingerprint density at radius 3 is 2.53 bits per heavy atom. The molecule has 0 saturated carbocycles. The molecule has 0 unspecified atom stereocenters. The van der Waals surface area contributed by atoms with E-state index in [0.29, 0.717) is 11.3 Å². The zero-order valence-corrected chi connectivity index (χ0v) is 23.4. The molecule has 2 fully saturated rings. The van der Waals surface area contributed by atoms with E-state index in [4.69, 9.17) is 4.74 Å². The second-order valence-corrected chi connectivity index (χ2v) is 11.6. The normalized spacial score (nSPS) is 17.6. The van der Waals surface area contributed by atoms with Gasteiger partial charge in [-0.3, -0.25) is 9.52 Å². The molecule has 13 nitrogen and oxygen atoms in total. The molecule has 1 atom stereocenters. The number of anilines is 2. The van der Waals surface area contributed by atoms with Crippen molar-refractivity contribution in [3.63, 3.8) is 0 Å². The number of fused-ring (bicyclic) bond motifs is 1. The Bertz CT molecular complexity index is 1890. The molecule has 0 spiro atoms. The van der Waals surface area contributed by atoms with Crippen molar-refractivity contribution in [2.75, 3.05) is 48.9 Å². The van der Waals surface area contributed by atoms with E-state index in [1.807, 2.05) is 0 Å². The van der Waals surface area contributed by atoms with E-state index in [0.717, 1.165) is 42.6 Å². The van der Waals surface area contributed by atoms with E-state index in [1.54, 1.807) is 12.3 Å². The average Bonchev–Trinajstić information content (AvgIpc) is 3.47. The van der Waals surface area contributed by atoms with Gasteiger partial charge in [0.25, 0.3) is 5.56 Å². The van der Waals surface area contributed by atoms with Crippen molar-refractivity contribution in [3.05, 3.63) is 70.8 Å². The molecule has 0 aliphatic carbocycles. The maximum atomic E-state index is 14.9.